The number of benzene rings is 1. The van der Waals surface area contributed by atoms with Crippen LogP contribution in [0.1, 0.15) is 38.2 Å². The van der Waals surface area contributed by atoms with Crippen molar-refractivity contribution in [2.75, 3.05) is 0 Å². The second-order valence-electron chi connectivity index (χ2n) is 5.06. The highest BCUT2D eigenvalue weighted by atomic mass is 32.2. The van der Waals surface area contributed by atoms with Gasteiger partial charge in [0.1, 0.15) is 5.75 Å². The van der Waals surface area contributed by atoms with Crippen molar-refractivity contribution in [2.24, 2.45) is 5.41 Å². The summed E-state index contributed by atoms with van der Waals surface area (Å²) in [6, 6.07) is 5.24. The van der Waals surface area contributed by atoms with E-state index in [0.717, 1.165) is 0 Å². The molecule has 2 N–H and O–H groups in total. The van der Waals surface area contributed by atoms with Crippen LogP contribution in [0.4, 0.5) is 0 Å². The zero-order valence-electron chi connectivity index (χ0n) is 11.5. The lowest BCUT2D eigenvalue weighted by Crippen LogP contribution is -2.28. The summed E-state index contributed by atoms with van der Waals surface area (Å²) in [5.74, 6) is -0.161. The fourth-order valence-electron chi connectivity index (χ4n) is 1.26. The molecule has 0 saturated carbocycles. The van der Waals surface area contributed by atoms with Gasteiger partial charge < -0.3 is 9.84 Å². The minimum Gasteiger partial charge on any atom is -0.426 e. The first-order chi connectivity index (χ1) is 9.08. The Balaban J connectivity index is 2.86. The number of hydrogen-bond acceptors (Lipinski definition) is 5. The van der Waals surface area contributed by atoms with Crippen LogP contribution in [-0.4, -0.2) is 24.0 Å². The van der Waals surface area contributed by atoms with Gasteiger partial charge in [0.2, 0.25) is 5.44 Å². The highest BCUT2D eigenvalue weighted by Gasteiger charge is 2.28. The minimum atomic E-state index is -4.57. The van der Waals surface area contributed by atoms with Crippen LogP contribution >= 0.6 is 0 Å². The van der Waals surface area contributed by atoms with Crippen molar-refractivity contribution in [1.29, 1.82) is 0 Å². The largest absolute Gasteiger partial charge is 0.426 e. The van der Waals surface area contributed by atoms with E-state index in [2.05, 4.69) is 0 Å². The molecule has 0 bridgehead atoms. The van der Waals surface area contributed by atoms with Crippen molar-refractivity contribution in [3.63, 3.8) is 0 Å². The van der Waals surface area contributed by atoms with Crippen LogP contribution < -0.4 is 4.74 Å². The van der Waals surface area contributed by atoms with E-state index in [-0.39, 0.29) is 11.3 Å². The SMILES string of the molecule is CCC(C)(C)C(=O)Oc1ccc(C(O)S(=O)(=O)O)cc1. The first kappa shape index (κ1) is 16.6. The van der Waals surface area contributed by atoms with Crippen molar-refractivity contribution in [1.82, 2.24) is 0 Å². The van der Waals surface area contributed by atoms with Crippen LogP contribution in [0, 0.1) is 5.41 Å². The van der Waals surface area contributed by atoms with Gasteiger partial charge in [0.15, 0.2) is 0 Å². The minimum absolute atomic E-state index is 0.0120. The smallest absolute Gasteiger partial charge is 0.316 e. The van der Waals surface area contributed by atoms with Crippen LogP contribution in [0.25, 0.3) is 0 Å². The quantitative estimate of drug-likeness (QED) is 0.489. The van der Waals surface area contributed by atoms with Crippen LogP contribution in [-0.2, 0) is 14.9 Å². The maximum absolute atomic E-state index is 11.8. The Labute approximate surface area is 118 Å². The van der Waals surface area contributed by atoms with Crippen molar-refractivity contribution in [3.05, 3.63) is 29.8 Å². The average Bonchev–Trinajstić information content (AvgIpc) is 2.37. The van der Waals surface area contributed by atoms with E-state index >= 15 is 0 Å². The van der Waals surface area contributed by atoms with Crippen LogP contribution in [0.5, 0.6) is 5.75 Å². The van der Waals surface area contributed by atoms with Crippen molar-refractivity contribution in [2.45, 2.75) is 32.6 Å². The van der Waals surface area contributed by atoms with Gasteiger partial charge in [0.05, 0.1) is 5.41 Å². The average molecular weight is 302 g/mol. The van der Waals surface area contributed by atoms with Gasteiger partial charge in [-0.15, -0.1) is 0 Å². The fraction of sp³-hybridized carbons (Fsp3) is 0.462. The maximum Gasteiger partial charge on any atom is 0.316 e. The number of ether oxygens (including phenoxy) is 1. The zero-order chi connectivity index (χ0) is 15.6. The lowest BCUT2D eigenvalue weighted by atomic mass is 9.91. The molecule has 7 heteroatoms. The molecule has 112 valence electrons. The summed E-state index contributed by atoms with van der Waals surface area (Å²) in [6.07, 6.45) is 0.616. The molecule has 0 saturated heterocycles. The predicted molar refractivity (Wildman–Crippen MR) is 72.7 cm³/mol. The Morgan fingerprint density at radius 3 is 2.20 bits per heavy atom. The molecule has 1 rings (SSSR count). The molecule has 1 aromatic rings. The lowest BCUT2D eigenvalue weighted by molar-refractivity contribution is -0.144. The number of hydrogen-bond donors (Lipinski definition) is 2. The second-order valence-corrected chi connectivity index (χ2v) is 6.54. The van der Waals surface area contributed by atoms with Crippen molar-refractivity contribution >= 4 is 16.1 Å². The number of aliphatic hydroxyl groups is 1. The normalized spacial score (nSPS) is 13.8. The summed E-state index contributed by atoms with van der Waals surface area (Å²) in [5, 5.41) is 9.35. The Bertz CT molecular complexity index is 573. The molecule has 1 atom stereocenters. The summed E-state index contributed by atoms with van der Waals surface area (Å²) in [4.78, 5) is 11.8. The summed E-state index contributed by atoms with van der Waals surface area (Å²) in [5.41, 5.74) is -2.64. The Morgan fingerprint density at radius 2 is 1.80 bits per heavy atom. The third-order valence-corrected chi connectivity index (χ3v) is 3.93. The van der Waals surface area contributed by atoms with Gasteiger partial charge in [-0.3, -0.25) is 9.35 Å². The van der Waals surface area contributed by atoms with Gasteiger partial charge in [-0.2, -0.15) is 8.42 Å². The van der Waals surface area contributed by atoms with E-state index < -0.39 is 26.9 Å². The summed E-state index contributed by atoms with van der Waals surface area (Å²) in [6.45, 7) is 5.38. The molecular formula is C13H18O6S. The molecule has 20 heavy (non-hydrogen) atoms. The third kappa shape index (κ3) is 4.03. The number of aliphatic hydroxyl groups excluding tert-OH is 1. The monoisotopic (exact) mass is 302 g/mol. The van der Waals surface area contributed by atoms with Crippen LogP contribution in [0.3, 0.4) is 0 Å². The first-order valence-corrected chi connectivity index (χ1v) is 7.55. The van der Waals surface area contributed by atoms with Gasteiger partial charge in [-0.25, -0.2) is 0 Å². The van der Waals surface area contributed by atoms with Gasteiger partial charge in [-0.05, 0) is 38.0 Å². The predicted octanol–water partition coefficient (Wildman–Crippen LogP) is 1.91. The maximum atomic E-state index is 11.8. The van der Waals surface area contributed by atoms with Crippen LogP contribution in [0.15, 0.2) is 24.3 Å². The molecule has 0 radical (unpaired) electrons. The lowest BCUT2D eigenvalue weighted by Gasteiger charge is -2.20. The molecule has 0 amide bonds. The summed E-state index contributed by atoms with van der Waals surface area (Å²) in [7, 11) is -4.57. The second kappa shape index (κ2) is 5.90. The molecule has 0 aliphatic carbocycles. The topological polar surface area (TPSA) is 101 Å². The number of rotatable bonds is 5. The number of carbonyl (C=O) groups excluding carboxylic acids is 1. The molecule has 1 unspecified atom stereocenters. The summed E-state index contributed by atoms with van der Waals surface area (Å²) < 4.78 is 35.5. The Kier molecular flexibility index (Phi) is 4.90. The molecule has 0 heterocycles. The van der Waals surface area contributed by atoms with Gasteiger partial charge in [0, 0.05) is 0 Å². The molecular weight excluding hydrogens is 284 g/mol. The van der Waals surface area contributed by atoms with Gasteiger partial charge in [0.25, 0.3) is 10.1 Å². The molecule has 6 nitrogen and oxygen atoms in total. The zero-order valence-corrected chi connectivity index (χ0v) is 12.3. The molecule has 0 fully saturated rings. The molecule has 0 spiro atoms. The van der Waals surface area contributed by atoms with Crippen molar-refractivity contribution in [3.8, 4) is 5.75 Å². The molecule has 1 aromatic carbocycles. The number of carbonyl (C=O) groups is 1. The Morgan fingerprint density at radius 1 is 1.30 bits per heavy atom. The third-order valence-electron chi connectivity index (χ3n) is 3.09. The van der Waals surface area contributed by atoms with E-state index in [1.807, 2.05) is 6.92 Å². The van der Waals surface area contributed by atoms with E-state index in [4.69, 9.17) is 9.29 Å². The van der Waals surface area contributed by atoms with E-state index in [1.165, 1.54) is 24.3 Å². The van der Waals surface area contributed by atoms with Crippen molar-refractivity contribution < 1.29 is 27.6 Å². The summed E-state index contributed by atoms with van der Waals surface area (Å²) >= 11 is 0. The molecule has 0 aliphatic heterocycles. The van der Waals surface area contributed by atoms with E-state index in [1.54, 1.807) is 13.8 Å². The van der Waals surface area contributed by atoms with Gasteiger partial charge >= 0.3 is 5.97 Å². The number of esters is 1. The van der Waals surface area contributed by atoms with Gasteiger partial charge in [-0.1, -0.05) is 19.1 Å². The molecule has 0 aliphatic rings. The van der Waals surface area contributed by atoms with E-state index in [0.29, 0.717) is 6.42 Å². The first-order valence-electron chi connectivity index (χ1n) is 6.04. The fourth-order valence-corrected chi connectivity index (χ4v) is 1.76. The Hall–Kier alpha value is -1.44. The standard InChI is InChI=1S/C13H18O6S/c1-4-13(2,3)12(15)19-10-7-5-9(6-8-10)11(14)20(16,17)18/h5-8,11,14H,4H2,1-3H3,(H,16,17,18). The highest BCUT2D eigenvalue weighted by molar-refractivity contribution is 7.85. The highest BCUT2D eigenvalue weighted by Crippen LogP contribution is 2.25. The van der Waals surface area contributed by atoms with E-state index in [9.17, 15) is 18.3 Å². The molecule has 0 aromatic heterocycles. The van der Waals surface area contributed by atoms with Crippen LogP contribution in [0.2, 0.25) is 0 Å².